The topological polar surface area (TPSA) is 38.0 Å². The van der Waals surface area contributed by atoms with E-state index < -0.39 is 0 Å². The molecule has 1 aromatic rings. The molecule has 0 heterocycles. The maximum Gasteiger partial charge on any atom is 0.0497 e. The zero-order valence-corrected chi connectivity index (χ0v) is 7.62. The number of hydrogen-bond acceptors (Lipinski definition) is 3. The van der Waals surface area contributed by atoms with Gasteiger partial charge in [0.15, 0.2) is 0 Å². The van der Waals surface area contributed by atoms with Gasteiger partial charge in [0.1, 0.15) is 0 Å². The number of thiol groups is 1. The van der Waals surface area contributed by atoms with Crippen LogP contribution in [0.1, 0.15) is 0 Å². The van der Waals surface area contributed by atoms with Crippen molar-refractivity contribution in [2.75, 3.05) is 5.43 Å². The molecule has 0 fully saturated rings. The lowest BCUT2D eigenvalue weighted by Crippen LogP contribution is -2.06. The Morgan fingerprint density at radius 1 is 1.50 bits per heavy atom. The van der Waals surface area contributed by atoms with Crippen molar-refractivity contribution in [3.63, 3.8) is 0 Å². The fourth-order valence-electron chi connectivity index (χ4n) is 0.597. The van der Waals surface area contributed by atoms with Gasteiger partial charge in [-0.3, -0.25) is 5.84 Å². The molecule has 0 aromatic heterocycles. The molecule has 0 spiro atoms. The summed E-state index contributed by atoms with van der Waals surface area (Å²) in [6.45, 7) is 0. The minimum absolute atomic E-state index is 0.865. The number of nitrogen functional groups attached to an aromatic ring is 1. The van der Waals surface area contributed by atoms with Crippen molar-refractivity contribution in [3.8, 4) is 0 Å². The number of anilines is 1. The van der Waals surface area contributed by atoms with Crippen LogP contribution in [0.25, 0.3) is 0 Å². The van der Waals surface area contributed by atoms with Crippen LogP contribution in [0.15, 0.2) is 27.6 Å². The van der Waals surface area contributed by atoms with Crippen LogP contribution in [0, 0.1) is 0 Å². The predicted octanol–water partition coefficient (Wildman–Crippen LogP) is 2.02. The summed E-state index contributed by atoms with van der Waals surface area (Å²) in [6.07, 6.45) is 0. The molecule has 0 unspecified atom stereocenters. The van der Waals surface area contributed by atoms with Crippen LogP contribution in [-0.2, 0) is 0 Å². The average molecular weight is 219 g/mol. The fraction of sp³-hybridized carbons (Fsp3) is 0. The lowest BCUT2D eigenvalue weighted by atomic mass is 10.3. The first kappa shape index (κ1) is 7.91. The van der Waals surface area contributed by atoms with Crippen LogP contribution < -0.4 is 11.3 Å². The van der Waals surface area contributed by atoms with Gasteiger partial charge in [-0.1, -0.05) is 0 Å². The molecule has 4 heteroatoms. The SMILES string of the molecule is NNc1ccc(S)c(Br)c1. The van der Waals surface area contributed by atoms with E-state index in [0.29, 0.717) is 0 Å². The van der Waals surface area contributed by atoms with E-state index in [-0.39, 0.29) is 0 Å². The molecule has 0 aliphatic heterocycles. The van der Waals surface area contributed by atoms with Gasteiger partial charge in [0.25, 0.3) is 0 Å². The third kappa shape index (κ3) is 1.65. The Hall–Kier alpha value is -0.190. The van der Waals surface area contributed by atoms with Crippen molar-refractivity contribution in [1.29, 1.82) is 0 Å². The lowest BCUT2D eigenvalue weighted by molar-refractivity contribution is 1.32. The third-order valence-corrected chi connectivity index (χ3v) is 2.47. The van der Waals surface area contributed by atoms with E-state index in [1.54, 1.807) is 0 Å². The Morgan fingerprint density at radius 2 is 2.20 bits per heavy atom. The zero-order chi connectivity index (χ0) is 7.56. The summed E-state index contributed by atoms with van der Waals surface area (Å²) in [5.41, 5.74) is 3.40. The molecule has 1 rings (SSSR count). The second-order valence-electron chi connectivity index (χ2n) is 1.81. The summed E-state index contributed by atoms with van der Waals surface area (Å²) < 4.78 is 0.936. The van der Waals surface area contributed by atoms with Gasteiger partial charge >= 0.3 is 0 Å². The van der Waals surface area contributed by atoms with Crippen molar-refractivity contribution < 1.29 is 0 Å². The minimum Gasteiger partial charge on any atom is -0.324 e. The van der Waals surface area contributed by atoms with Gasteiger partial charge in [0.05, 0.1) is 0 Å². The zero-order valence-electron chi connectivity index (χ0n) is 5.13. The molecule has 10 heavy (non-hydrogen) atoms. The van der Waals surface area contributed by atoms with Crippen LogP contribution in [0.2, 0.25) is 0 Å². The predicted molar refractivity (Wildman–Crippen MR) is 49.2 cm³/mol. The molecule has 0 bridgehead atoms. The molecule has 0 radical (unpaired) electrons. The molecule has 2 nitrogen and oxygen atoms in total. The Bertz CT molecular complexity index is 239. The first-order chi connectivity index (χ1) is 4.74. The first-order valence-corrected chi connectivity index (χ1v) is 3.93. The van der Waals surface area contributed by atoms with Gasteiger partial charge in [-0.2, -0.15) is 0 Å². The Balaban J connectivity index is 3.04. The highest BCUT2D eigenvalue weighted by Crippen LogP contribution is 2.23. The first-order valence-electron chi connectivity index (χ1n) is 2.69. The standard InChI is InChI=1S/C6H7BrN2S/c7-5-3-4(9-8)1-2-6(5)10/h1-3,9-10H,8H2. The second-order valence-corrected chi connectivity index (χ2v) is 3.15. The maximum atomic E-state index is 5.17. The molecule has 1 aromatic carbocycles. The average Bonchev–Trinajstić information content (AvgIpc) is 1.95. The summed E-state index contributed by atoms with van der Waals surface area (Å²) in [7, 11) is 0. The molecule has 0 atom stereocenters. The molecule has 0 aliphatic rings. The molecule has 54 valence electrons. The highest BCUT2D eigenvalue weighted by atomic mass is 79.9. The monoisotopic (exact) mass is 218 g/mol. The van der Waals surface area contributed by atoms with Crippen LogP contribution in [0.3, 0.4) is 0 Å². The van der Waals surface area contributed by atoms with Crippen LogP contribution in [-0.4, -0.2) is 0 Å². The van der Waals surface area contributed by atoms with E-state index in [0.717, 1.165) is 15.1 Å². The van der Waals surface area contributed by atoms with Gasteiger partial charge in [-0.05, 0) is 34.1 Å². The largest absolute Gasteiger partial charge is 0.324 e. The van der Waals surface area contributed by atoms with Crippen LogP contribution in [0.4, 0.5) is 5.69 Å². The lowest BCUT2D eigenvalue weighted by Gasteiger charge is -2.00. The van der Waals surface area contributed by atoms with Crippen molar-refractivity contribution in [1.82, 2.24) is 0 Å². The van der Waals surface area contributed by atoms with E-state index in [2.05, 4.69) is 34.0 Å². The summed E-state index contributed by atoms with van der Waals surface area (Å²) >= 11 is 7.48. The van der Waals surface area contributed by atoms with E-state index in [4.69, 9.17) is 5.84 Å². The van der Waals surface area contributed by atoms with Gasteiger partial charge in [0, 0.05) is 15.1 Å². The van der Waals surface area contributed by atoms with E-state index in [1.165, 1.54) is 0 Å². The number of benzene rings is 1. The molecule has 0 saturated carbocycles. The van der Waals surface area contributed by atoms with Crippen molar-refractivity contribution in [2.24, 2.45) is 5.84 Å². The van der Waals surface area contributed by atoms with E-state index >= 15 is 0 Å². The molecular formula is C6H7BrN2S. The number of nitrogens with one attached hydrogen (secondary N) is 1. The number of nitrogens with two attached hydrogens (primary N) is 1. The Morgan fingerprint density at radius 3 is 2.70 bits per heavy atom. The smallest absolute Gasteiger partial charge is 0.0497 e. The number of halogens is 1. The third-order valence-electron chi connectivity index (χ3n) is 1.11. The fourth-order valence-corrected chi connectivity index (χ4v) is 1.11. The second kappa shape index (κ2) is 3.27. The van der Waals surface area contributed by atoms with E-state index in [9.17, 15) is 0 Å². The van der Waals surface area contributed by atoms with Gasteiger partial charge in [-0.25, -0.2) is 0 Å². The van der Waals surface area contributed by atoms with Gasteiger partial charge in [-0.15, -0.1) is 12.6 Å². The molecule has 3 N–H and O–H groups in total. The normalized spacial score (nSPS) is 9.50. The molecule has 0 saturated heterocycles. The molecular weight excluding hydrogens is 212 g/mol. The Labute approximate surface area is 73.3 Å². The quantitative estimate of drug-likeness (QED) is 0.384. The van der Waals surface area contributed by atoms with Crippen molar-refractivity contribution in [3.05, 3.63) is 22.7 Å². The van der Waals surface area contributed by atoms with Gasteiger partial charge < -0.3 is 5.43 Å². The molecule has 0 amide bonds. The van der Waals surface area contributed by atoms with Crippen LogP contribution >= 0.6 is 28.6 Å². The summed E-state index contributed by atoms with van der Waals surface area (Å²) in [5.74, 6) is 5.17. The maximum absolute atomic E-state index is 5.17. The number of rotatable bonds is 1. The van der Waals surface area contributed by atoms with Crippen LogP contribution in [0.5, 0.6) is 0 Å². The number of hydrogen-bond donors (Lipinski definition) is 3. The summed E-state index contributed by atoms with van der Waals surface area (Å²) in [6, 6.07) is 5.58. The van der Waals surface area contributed by atoms with Crippen molar-refractivity contribution in [2.45, 2.75) is 4.90 Å². The number of hydrazine groups is 1. The highest BCUT2D eigenvalue weighted by Gasteiger charge is 1.94. The van der Waals surface area contributed by atoms with Crippen molar-refractivity contribution >= 4 is 34.2 Å². The Kier molecular flexibility index (Phi) is 2.59. The van der Waals surface area contributed by atoms with E-state index in [1.807, 2.05) is 18.2 Å². The minimum atomic E-state index is 0.865. The summed E-state index contributed by atoms with van der Waals surface area (Å²) in [5, 5.41) is 0. The molecule has 0 aliphatic carbocycles. The summed E-state index contributed by atoms with van der Waals surface area (Å²) in [4.78, 5) is 0.902. The van der Waals surface area contributed by atoms with Gasteiger partial charge in [0.2, 0.25) is 0 Å². The highest BCUT2D eigenvalue weighted by molar-refractivity contribution is 9.10.